The number of rotatable bonds is 0. The molecule has 3 saturated carbocycles. The zero-order valence-electron chi connectivity index (χ0n) is 9.58. The first kappa shape index (κ1) is 9.86. The van der Waals surface area contributed by atoms with Crippen LogP contribution in [0.2, 0.25) is 0 Å². The van der Waals surface area contributed by atoms with E-state index in [0.29, 0.717) is 11.7 Å². The van der Waals surface area contributed by atoms with Crippen LogP contribution in [-0.2, 0) is 4.79 Å². The second-order valence-electron chi connectivity index (χ2n) is 5.93. The van der Waals surface area contributed by atoms with Gasteiger partial charge < -0.3 is 0 Å². The summed E-state index contributed by atoms with van der Waals surface area (Å²) in [6.07, 6.45) is 11.8. The standard InChI is InChI=1S/C14H22O/c15-14-9-10-5-1-2-6-11(10)12-7-3-4-8-13(12)14/h10-13H,1-9H2/t10-,11+,12-,13+/m1/s1. The quantitative estimate of drug-likeness (QED) is 0.592. The molecular weight excluding hydrogens is 184 g/mol. The molecule has 15 heavy (non-hydrogen) atoms. The van der Waals surface area contributed by atoms with Gasteiger partial charge in [0.25, 0.3) is 0 Å². The van der Waals surface area contributed by atoms with Gasteiger partial charge in [0.1, 0.15) is 5.78 Å². The van der Waals surface area contributed by atoms with E-state index in [9.17, 15) is 4.79 Å². The minimum absolute atomic E-state index is 0.484. The molecular formula is C14H22O. The van der Waals surface area contributed by atoms with E-state index in [4.69, 9.17) is 0 Å². The zero-order chi connectivity index (χ0) is 10.3. The molecule has 1 heteroatoms. The van der Waals surface area contributed by atoms with Crippen molar-refractivity contribution in [2.45, 2.75) is 57.8 Å². The smallest absolute Gasteiger partial charge is 0.136 e. The monoisotopic (exact) mass is 206 g/mol. The fraction of sp³-hybridized carbons (Fsp3) is 0.929. The molecule has 0 bridgehead atoms. The Bertz CT molecular complexity index is 258. The Morgan fingerprint density at radius 1 is 0.800 bits per heavy atom. The molecule has 0 aromatic carbocycles. The van der Waals surface area contributed by atoms with Crippen LogP contribution in [-0.4, -0.2) is 5.78 Å². The summed E-state index contributed by atoms with van der Waals surface area (Å²) in [5.74, 6) is 3.62. The van der Waals surface area contributed by atoms with Crippen molar-refractivity contribution >= 4 is 5.78 Å². The Morgan fingerprint density at radius 3 is 2.33 bits per heavy atom. The molecule has 84 valence electrons. The number of ketones is 1. The number of carbonyl (C=O) groups is 1. The van der Waals surface area contributed by atoms with Gasteiger partial charge in [-0.25, -0.2) is 0 Å². The highest BCUT2D eigenvalue weighted by molar-refractivity contribution is 5.82. The van der Waals surface area contributed by atoms with Crippen LogP contribution in [0.5, 0.6) is 0 Å². The van der Waals surface area contributed by atoms with Crippen molar-refractivity contribution < 1.29 is 4.79 Å². The SMILES string of the molecule is O=C1C[C@H]2CCCC[C@@H]2[C@H]2CCCC[C@H]12. The van der Waals surface area contributed by atoms with Crippen molar-refractivity contribution in [3.63, 3.8) is 0 Å². The molecule has 3 fully saturated rings. The van der Waals surface area contributed by atoms with Crippen molar-refractivity contribution in [2.75, 3.05) is 0 Å². The second kappa shape index (κ2) is 3.92. The van der Waals surface area contributed by atoms with Crippen molar-refractivity contribution in [1.29, 1.82) is 0 Å². The summed E-state index contributed by atoms with van der Waals surface area (Å²) in [7, 11) is 0. The first-order valence-electron chi connectivity index (χ1n) is 6.89. The van der Waals surface area contributed by atoms with Crippen molar-refractivity contribution in [1.82, 2.24) is 0 Å². The molecule has 0 aliphatic heterocycles. The highest BCUT2D eigenvalue weighted by Gasteiger charge is 2.44. The fourth-order valence-electron chi connectivity index (χ4n) is 4.54. The van der Waals surface area contributed by atoms with E-state index in [1.54, 1.807) is 0 Å². The van der Waals surface area contributed by atoms with Gasteiger partial charge >= 0.3 is 0 Å². The molecule has 0 amide bonds. The molecule has 3 rings (SSSR count). The molecule has 3 aliphatic carbocycles. The minimum atomic E-state index is 0.484. The maximum absolute atomic E-state index is 12.1. The Kier molecular flexibility index (Phi) is 2.58. The molecule has 0 radical (unpaired) electrons. The lowest BCUT2D eigenvalue weighted by atomic mass is 9.57. The van der Waals surface area contributed by atoms with Gasteiger partial charge in [0, 0.05) is 12.3 Å². The predicted octanol–water partition coefficient (Wildman–Crippen LogP) is 3.57. The van der Waals surface area contributed by atoms with Crippen molar-refractivity contribution in [3.05, 3.63) is 0 Å². The van der Waals surface area contributed by atoms with Crippen LogP contribution in [0, 0.1) is 23.7 Å². The third kappa shape index (κ3) is 1.64. The molecule has 0 aromatic heterocycles. The summed E-state index contributed by atoms with van der Waals surface area (Å²) in [4.78, 5) is 12.1. The van der Waals surface area contributed by atoms with Crippen molar-refractivity contribution in [2.24, 2.45) is 23.7 Å². The van der Waals surface area contributed by atoms with Crippen LogP contribution in [0.3, 0.4) is 0 Å². The minimum Gasteiger partial charge on any atom is -0.299 e. The average molecular weight is 206 g/mol. The molecule has 0 heterocycles. The van der Waals surface area contributed by atoms with E-state index in [1.807, 2.05) is 0 Å². The van der Waals surface area contributed by atoms with Gasteiger partial charge in [0.15, 0.2) is 0 Å². The van der Waals surface area contributed by atoms with E-state index < -0.39 is 0 Å². The summed E-state index contributed by atoms with van der Waals surface area (Å²) in [5.41, 5.74) is 0. The first-order chi connectivity index (χ1) is 7.36. The second-order valence-corrected chi connectivity index (χ2v) is 5.93. The zero-order valence-corrected chi connectivity index (χ0v) is 9.58. The molecule has 0 aromatic rings. The van der Waals surface area contributed by atoms with Crippen LogP contribution < -0.4 is 0 Å². The lowest BCUT2D eigenvalue weighted by Gasteiger charge is -2.47. The highest BCUT2D eigenvalue weighted by Crippen LogP contribution is 2.49. The Hall–Kier alpha value is -0.330. The lowest BCUT2D eigenvalue weighted by Crippen LogP contribution is -2.43. The van der Waals surface area contributed by atoms with Gasteiger partial charge in [-0.15, -0.1) is 0 Å². The van der Waals surface area contributed by atoms with Gasteiger partial charge in [0.2, 0.25) is 0 Å². The third-order valence-electron chi connectivity index (χ3n) is 5.21. The predicted molar refractivity (Wildman–Crippen MR) is 60.5 cm³/mol. The summed E-state index contributed by atoms with van der Waals surface area (Å²) in [6, 6.07) is 0. The number of fused-ring (bicyclic) bond motifs is 3. The summed E-state index contributed by atoms with van der Waals surface area (Å²) in [5, 5.41) is 0. The maximum atomic E-state index is 12.1. The maximum Gasteiger partial charge on any atom is 0.136 e. The van der Waals surface area contributed by atoms with Crippen LogP contribution in [0.15, 0.2) is 0 Å². The lowest BCUT2D eigenvalue weighted by molar-refractivity contribution is -0.134. The third-order valence-corrected chi connectivity index (χ3v) is 5.21. The Morgan fingerprint density at radius 2 is 1.47 bits per heavy atom. The van der Waals surface area contributed by atoms with E-state index in [2.05, 4.69) is 0 Å². The summed E-state index contributed by atoms with van der Waals surface area (Å²) >= 11 is 0. The fourth-order valence-corrected chi connectivity index (χ4v) is 4.54. The van der Waals surface area contributed by atoms with Crippen LogP contribution in [0.25, 0.3) is 0 Å². The largest absolute Gasteiger partial charge is 0.299 e. The molecule has 0 saturated heterocycles. The molecule has 0 N–H and O–H groups in total. The van der Waals surface area contributed by atoms with Crippen LogP contribution in [0.4, 0.5) is 0 Å². The molecule has 0 unspecified atom stereocenters. The van der Waals surface area contributed by atoms with Crippen LogP contribution >= 0.6 is 0 Å². The molecule has 4 atom stereocenters. The average Bonchev–Trinajstić information content (AvgIpc) is 2.30. The number of carbonyl (C=O) groups excluding carboxylic acids is 1. The Labute approximate surface area is 92.6 Å². The van der Waals surface area contributed by atoms with Gasteiger partial charge in [-0.2, -0.15) is 0 Å². The molecule has 1 nitrogen and oxygen atoms in total. The van der Waals surface area contributed by atoms with E-state index in [1.165, 1.54) is 51.4 Å². The van der Waals surface area contributed by atoms with E-state index >= 15 is 0 Å². The van der Waals surface area contributed by atoms with Gasteiger partial charge in [-0.1, -0.05) is 25.7 Å². The highest BCUT2D eigenvalue weighted by atomic mass is 16.1. The number of hydrogen-bond donors (Lipinski definition) is 0. The molecule has 3 aliphatic rings. The van der Waals surface area contributed by atoms with Gasteiger partial charge in [-0.3, -0.25) is 4.79 Å². The topological polar surface area (TPSA) is 17.1 Å². The van der Waals surface area contributed by atoms with Crippen LogP contribution in [0.1, 0.15) is 57.8 Å². The first-order valence-corrected chi connectivity index (χ1v) is 6.89. The summed E-state index contributed by atoms with van der Waals surface area (Å²) in [6.45, 7) is 0. The van der Waals surface area contributed by atoms with E-state index in [0.717, 1.165) is 24.2 Å². The normalized spacial score (nSPS) is 45.7. The van der Waals surface area contributed by atoms with Gasteiger partial charge in [-0.05, 0) is 43.4 Å². The van der Waals surface area contributed by atoms with Gasteiger partial charge in [0.05, 0.1) is 0 Å². The van der Waals surface area contributed by atoms with Crippen molar-refractivity contribution in [3.8, 4) is 0 Å². The number of Topliss-reactive ketones (excluding diaryl/α,β-unsaturated/α-hetero) is 1. The number of hydrogen-bond acceptors (Lipinski definition) is 1. The van der Waals surface area contributed by atoms with E-state index in [-0.39, 0.29) is 0 Å². The summed E-state index contributed by atoms with van der Waals surface area (Å²) < 4.78 is 0. The Balaban J connectivity index is 1.82. The molecule has 0 spiro atoms.